The van der Waals surface area contributed by atoms with E-state index in [1.54, 1.807) is 4.90 Å². The van der Waals surface area contributed by atoms with Crippen molar-refractivity contribution in [3.8, 4) is 5.75 Å². The summed E-state index contributed by atoms with van der Waals surface area (Å²) in [6.07, 6.45) is 2.22. The molecular weight excluding hydrogens is 335 g/mol. The number of likely N-dealkylation sites (tertiary alicyclic amines) is 1. The third kappa shape index (κ3) is 5.09. The smallest absolute Gasteiger partial charge is 0.260 e. The van der Waals surface area contributed by atoms with Gasteiger partial charge >= 0.3 is 0 Å². The highest BCUT2D eigenvalue weighted by Crippen LogP contribution is 2.22. The lowest BCUT2D eigenvalue weighted by Gasteiger charge is -2.31. The summed E-state index contributed by atoms with van der Waals surface area (Å²) >= 11 is 5.67. The molecule has 0 radical (unpaired) electrons. The van der Waals surface area contributed by atoms with Crippen LogP contribution in [0.2, 0.25) is 5.02 Å². The van der Waals surface area contributed by atoms with Crippen LogP contribution in [-0.2, 0) is 9.59 Å². The third-order valence-corrected chi connectivity index (χ3v) is 4.31. The highest BCUT2D eigenvalue weighted by atomic mass is 35.5. The largest absolute Gasteiger partial charge is 0.484 e. The van der Waals surface area contributed by atoms with Crippen molar-refractivity contribution in [1.82, 2.24) is 10.2 Å². The summed E-state index contributed by atoms with van der Waals surface area (Å²) in [5.41, 5.74) is 0. The third-order valence-electron chi connectivity index (χ3n) is 4.02. The Bertz CT molecular complexity index is 589. The Hall–Kier alpha value is -1.82. The van der Waals surface area contributed by atoms with Gasteiger partial charge in [-0.1, -0.05) is 18.5 Å². The Morgan fingerprint density at radius 3 is 2.71 bits per heavy atom. The van der Waals surface area contributed by atoms with Crippen LogP contribution in [0.15, 0.2) is 18.2 Å². The van der Waals surface area contributed by atoms with Gasteiger partial charge in [-0.05, 0) is 31.4 Å². The molecule has 5 nitrogen and oxygen atoms in total. The number of ether oxygens (including phenoxy) is 1. The maximum atomic E-state index is 13.1. The minimum Gasteiger partial charge on any atom is -0.484 e. The number of amides is 2. The lowest BCUT2D eigenvalue weighted by atomic mass is 9.96. The van der Waals surface area contributed by atoms with Gasteiger partial charge in [0, 0.05) is 31.6 Å². The number of piperidine rings is 1. The first-order valence-electron chi connectivity index (χ1n) is 8.14. The summed E-state index contributed by atoms with van der Waals surface area (Å²) < 4.78 is 18.4. The van der Waals surface area contributed by atoms with Gasteiger partial charge in [-0.3, -0.25) is 9.59 Å². The average molecular weight is 357 g/mol. The lowest BCUT2D eigenvalue weighted by molar-refractivity contribution is -0.137. The second-order valence-electron chi connectivity index (χ2n) is 5.81. The van der Waals surface area contributed by atoms with Crippen LogP contribution < -0.4 is 10.1 Å². The minimum atomic E-state index is -0.529. The van der Waals surface area contributed by atoms with E-state index in [9.17, 15) is 14.0 Å². The molecule has 1 fully saturated rings. The van der Waals surface area contributed by atoms with Gasteiger partial charge in [0.15, 0.2) is 6.61 Å². The molecule has 1 saturated heterocycles. The van der Waals surface area contributed by atoms with E-state index in [0.717, 1.165) is 6.42 Å². The number of nitrogens with one attached hydrogen (secondary N) is 1. The molecule has 132 valence electrons. The maximum Gasteiger partial charge on any atom is 0.260 e. The van der Waals surface area contributed by atoms with Crippen molar-refractivity contribution in [1.29, 1.82) is 0 Å². The number of hydrogen-bond acceptors (Lipinski definition) is 3. The Morgan fingerprint density at radius 1 is 1.38 bits per heavy atom. The van der Waals surface area contributed by atoms with Crippen LogP contribution >= 0.6 is 11.6 Å². The van der Waals surface area contributed by atoms with Crippen molar-refractivity contribution in [3.05, 3.63) is 29.0 Å². The lowest BCUT2D eigenvalue weighted by Crippen LogP contribution is -2.44. The first kappa shape index (κ1) is 18.5. The zero-order valence-electron chi connectivity index (χ0n) is 13.7. The Balaban J connectivity index is 1.76. The summed E-state index contributed by atoms with van der Waals surface area (Å²) in [7, 11) is 0. The summed E-state index contributed by atoms with van der Waals surface area (Å²) in [6.45, 7) is 3.64. The SMILES string of the molecule is CCCNC(=O)C1CCN(C(=O)COc2ccc(F)c(Cl)c2)CC1. The summed E-state index contributed by atoms with van der Waals surface area (Å²) in [5.74, 6) is -0.288. The molecule has 0 aliphatic carbocycles. The van der Waals surface area contributed by atoms with Gasteiger partial charge in [-0.2, -0.15) is 0 Å². The van der Waals surface area contributed by atoms with E-state index in [1.165, 1.54) is 18.2 Å². The molecule has 0 aromatic heterocycles. The van der Waals surface area contributed by atoms with Crippen molar-refractivity contribution in [2.75, 3.05) is 26.2 Å². The summed E-state index contributed by atoms with van der Waals surface area (Å²) in [6, 6.07) is 3.97. The van der Waals surface area contributed by atoms with E-state index in [4.69, 9.17) is 16.3 Å². The molecule has 0 atom stereocenters. The fourth-order valence-electron chi connectivity index (χ4n) is 2.59. The monoisotopic (exact) mass is 356 g/mol. The minimum absolute atomic E-state index is 0.0302. The molecule has 1 aromatic carbocycles. The number of carbonyl (C=O) groups excluding carboxylic acids is 2. The molecule has 1 aromatic rings. The van der Waals surface area contributed by atoms with E-state index in [0.29, 0.717) is 38.2 Å². The van der Waals surface area contributed by atoms with Crippen molar-refractivity contribution in [2.24, 2.45) is 5.92 Å². The molecule has 0 unspecified atom stereocenters. The molecule has 0 spiro atoms. The summed E-state index contributed by atoms with van der Waals surface area (Å²) in [4.78, 5) is 25.8. The fourth-order valence-corrected chi connectivity index (χ4v) is 2.76. The van der Waals surface area contributed by atoms with Crippen LogP contribution in [0, 0.1) is 11.7 Å². The molecule has 7 heteroatoms. The molecule has 24 heavy (non-hydrogen) atoms. The van der Waals surface area contributed by atoms with E-state index in [-0.39, 0.29) is 29.4 Å². The number of halogens is 2. The molecule has 1 aliphatic rings. The normalized spacial score (nSPS) is 15.2. The molecule has 1 heterocycles. The molecule has 1 N–H and O–H groups in total. The van der Waals surface area contributed by atoms with Crippen molar-refractivity contribution in [2.45, 2.75) is 26.2 Å². The number of nitrogens with zero attached hydrogens (tertiary/aromatic N) is 1. The van der Waals surface area contributed by atoms with Crippen molar-refractivity contribution in [3.63, 3.8) is 0 Å². The second-order valence-corrected chi connectivity index (χ2v) is 6.22. The molecule has 0 bridgehead atoms. The first-order valence-corrected chi connectivity index (χ1v) is 8.52. The second kappa shape index (κ2) is 8.87. The van der Waals surface area contributed by atoms with Gasteiger partial charge in [0.05, 0.1) is 5.02 Å². The van der Waals surface area contributed by atoms with Crippen LogP contribution in [-0.4, -0.2) is 43.0 Å². The van der Waals surface area contributed by atoms with Gasteiger partial charge in [-0.25, -0.2) is 4.39 Å². The van der Waals surface area contributed by atoms with Crippen LogP contribution in [0.25, 0.3) is 0 Å². The standard InChI is InChI=1S/C17H22ClFN2O3/c1-2-7-20-17(23)12-5-8-21(9-6-12)16(22)11-24-13-3-4-15(19)14(18)10-13/h3-4,10,12H,2,5-9,11H2,1H3,(H,20,23). The Morgan fingerprint density at radius 2 is 2.08 bits per heavy atom. The molecule has 0 saturated carbocycles. The predicted molar refractivity (Wildman–Crippen MR) is 89.5 cm³/mol. The molecule has 2 rings (SSSR count). The van der Waals surface area contributed by atoms with Crippen LogP contribution in [0.1, 0.15) is 26.2 Å². The van der Waals surface area contributed by atoms with Crippen molar-refractivity contribution >= 4 is 23.4 Å². The van der Waals surface area contributed by atoms with Crippen LogP contribution in [0.3, 0.4) is 0 Å². The quantitative estimate of drug-likeness (QED) is 0.852. The van der Waals surface area contributed by atoms with Gasteiger partial charge in [-0.15, -0.1) is 0 Å². The Kier molecular flexibility index (Phi) is 6.85. The van der Waals surface area contributed by atoms with Gasteiger partial charge < -0.3 is 15.0 Å². The van der Waals surface area contributed by atoms with E-state index in [1.807, 2.05) is 6.92 Å². The average Bonchev–Trinajstić information content (AvgIpc) is 2.60. The Labute approximate surface area is 146 Å². The number of rotatable bonds is 6. The fraction of sp³-hybridized carbons (Fsp3) is 0.529. The van der Waals surface area contributed by atoms with Gasteiger partial charge in [0.2, 0.25) is 5.91 Å². The molecular formula is C17H22ClFN2O3. The van der Waals surface area contributed by atoms with Crippen LogP contribution in [0.4, 0.5) is 4.39 Å². The van der Waals surface area contributed by atoms with E-state index >= 15 is 0 Å². The predicted octanol–water partition coefficient (Wildman–Crippen LogP) is 2.62. The highest BCUT2D eigenvalue weighted by molar-refractivity contribution is 6.30. The first-order chi connectivity index (χ1) is 11.5. The van der Waals surface area contributed by atoms with Gasteiger partial charge in [0.25, 0.3) is 5.91 Å². The topological polar surface area (TPSA) is 58.6 Å². The zero-order chi connectivity index (χ0) is 17.5. The zero-order valence-corrected chi connectivity index (χ0v) is 14.4. The van der Waals surface area contributed by atoms with Crippen molar-refractivity contribution < 1.29 is 18.7 Å². The van der Waals surface area contributed by atoms with Crippen LogP contribution in [0.5, 0.6) is 5.75 Å². The maximum absolute atomic E-state index is 13.1. The highest BCUT2D eigenvalue weighted by Gasteiger charge is 2.27. The molecule has 2 amide bonds. The number of hydrogen-bond donors (Lipinski definition) is 1. The van der Waals surface area contributed by atoms with E-state index in [2.05, 4.69) is 5.32 Å². The summed E-state index contributed by atoms with van der Waals surface area (Å²) in [5, 5.41) is 2.85. The van der Waals surface area contributed by atoms with Gasteiger partial charge in [0.1, 0.15) is 11.6 Å². The molecule has 1 aliphatic heterocycles. The number of carbonyl (C=O) groups is 2. The van der Waals surface area contributed by atoms with E-state index < -0.39 is 5.82 Å². The number of benzene rings is 1.